The minimum Gasteiger partial charge on any atom is -0.484 e. The van der Waals surface area contributed by atoms with Crippen molar-refractivity contribution < 1.29 is 14.3 Å². The number of hydrogen-bond acceptors (Lipinski definition) is 4. The molecule has 1 atom stereocenters. The number of nitrogens with zero attached hydrogens (tertiary/aromatic N) is 1. The van der Waals surface area contributed by atoms with Crippen LogP contribution in [0.1, 0.15) is 44.5 Å². The summed E-state index contributed by atoms with van der Waals surface area (Å²) < 4.78 is 5.37. The molecule has 0 aliphatic heterocycles. The van der Waals surface area contributed by atoms with E-state index in [0.29, 0.717) is 17.7 Å². The van der Waals surface area contributed by atoms with Crippen LogP contribution in [0.25, 0.3) is 0 Å². The normalized spacial score (nSPS) is 13.1. The molecule has 0 aliphatic carbocycles. The van der Waals surface area contributed by atoms with Crippen molar-refractivity contribution in [2.75, 3.05) is 6.61 Å². The van der Waals surface area contributed by atoms with Crippen molar-refractivity contribution in [3.05, 3.63) is 29.8 Å². The average Bonchev–Trinajstić information content (AvgIpc) is 2.52. The molecule has 5 nitrogen and oxygen atoms in total. The van der Waals surface area contributed by atoms with Crippen LogP contribution in [0.5, 0.6) is 5.75 Å². The first-order valence-corrected chi connectivity index (χ1v) is 7.30. The largest absolute Gasteiger partial charge is 0.484 e. The number of benzene rings is 1. The topological polar surface area (TPSA) is 79.2 Å². The predicted octanol–water partition coefficient (Wildman–Crippen LogP) is 2.71. The first kappa shape index (κ1) is 17.7. The zero-order valence-corrected chi connectivity index (χ0v) is 13.5. The molecule has 0 spiro atoms. The van der Waals surface area contributed by atoms with Gasteiger partial charge in [0.25, 0.3) is 5.91 Å². The maximum absolute atomic E-state index is 11.9. The van der Waals surface area contributed by atoms with E-state index in [9.17, 15) is 9.59 Å². The molecule has 0 fully saturated rings. The first-order chi connectivity index (χ1) is 10.3. The lowest BCUT2D eigenvalue weighted by Gasteiger charge is -2.27. The maximum atomic E-state index is 11.9. The van der Waals surface area contributed by atoms with Crippen molar-refractivity contribution in [3.8, 4) is 11.8 Å². The van der Waals surface area contributed by atoms with Crippen molar-refractivity contribution in [1.82, 2.24) is 5.32 Å². The Balaban J connectivity index is 2.58. The second-order valence-electron chi connectivity index (χ2n) is 5.61. The number of nitriles is 1. The number of carbonyl (C=O) groups is 2. The molecule has 0 heterocycles. The first-order valence-electron chi connectivity index (χ1n) is 7.30. The summed E-state index contributed by atoms with van der Waals surface area (Å²) in [4.78, 5) is 23.4. The van der Waals surface area contributed by atoms with Gasteiger partial charge in [-0.25, -0.2) is 0 Å². The van der Waals surface area contributed by atoms with Gasteiger partial charge in [0.1, 0.15) is 11.3 Å². The third-order valence-corrected chi connectivity index (χ3v) is 3.65. The van der Waals surface area contributed by atoms with E-state index in [1.165, 1.54) is 0 Å². The van der Waals surface area contributed by atoms with Gasteiger partial charge in [-0.3, -0.25) is 9.59 Å². The smallest absolute Gasteiger partial charge is 0.259 e. The van der Waals surface area contributed by atoms with Crippen LogP contribution in [0.4, 0.5) is 0 Å². The van der Waals surface area contributed by atoms with Crippen molar-refractivity contribution in [2.45, 2.75) is 39.7 Å². The molecule has 1 amide bonds. The van der Waals surface area contributed by atoms with Crippen molar-refractivity contribution in [2.24, 2.45) is 5.92 Å². The second-order valence-corrected chi connectivity index (χ2v) is 5.61. The molecule has 0 saturated carbocycles. The monoisotopic (exact) mass is 302 g/mol. The number of Topliss-reactive ketones (excluding diaryl/α,β-unsaturated/α-hetero) is 1. The Bertz CT molecular complexity index is 573. The fourth-order valence-corrected chi connectivity index (χ4v) is 1.72. The highest BCUT2D eigenvalue weighted by molar-refractivity contribution is 5.95. The highest BCUT2D eigenvalue weighted by Crippen LogP contribution is 2.16. The fraction of sp³-hybridized carbons (Fsp3) is 0.471. The Labute approximate surface area is 131 Å². The molecule has 0 unspecified atom stereocenters. The SMILES string of the molecule is CCC(=O)c1ccc(OCC(=O)N[C@](C)(C#N)C(C)C)cc1. The Kier molecular flexibility index (Phi) is 6.11. The van der Waals surface area contributed by atoms with E-state index in [4.69, 9.17) is 10.00 Å². The van der Waals surface area contributed by atoms with Gasteiger partial charge in [0.05, 0.1) is 6.07 Å². The number of hydrogen-bond donors (Lipinski definition) is 1. The molecular weight excluding hydrogens is 280 g/mol. The van der Waals surface area contributed by atoms with Crippen molar-refractivity contribution in [3.63, 3.8) is 0 Å². The Morgan fingerprint density at radius 2 is 1.91 bits per heavy atom. The van der Waals surface area contributed by atoms with Crippen LogP contribution >= 0.6 is 0 Å². The van der Waals surface area contributed by atoms with Crippen LogP contribution in [0.3, 0.4) is 0 Å². The van der Waals surface area contributed by atoms with Gasteiger partial charge < -0.3 is 10.1 Å². The Morgan fingerprint density at radius 1 is 1.32 bits per heavy atom. The summed E-state index contributed by atoms with van der Waals surface area (Å²) in [6.07, 6.45) is 0.449. The van der Waals surface area contributed by atoms with E-state index in [1.54, 1.807) is 38.1 Å². The number of ketones is 1. The average molecular weight is 302 g/mol. The molecule has 0 radical (unpaired) electrons. The van der Waals surface area contributed by atoms with Crippen LogP contribution in [0.15, 0.2) is 24.3 Å². The lowest BCUT2D eigenvalue weighted by atomic mass is 9.90. The minimum atomic E-state index is -0.919. The molecule has 5 heteroatoms. The van der Waals surface area contributed by atoms with Gasteiger partial charge in [-0.2, -0.15) is 5.26 Å². The third-order valence-electron chi connectivity index (χ3n) is 3.65. The van der Waals surface area contributed by atoms with E-state index >= 15 is 0 Å². The van der Waals surface area contributed by atoms with E-state index in [2.05, 4.69) is 11.4 Å². The van der Waals surface area contributed by atoms with Gasteiger partial charge >= 0.3 is 0 Å². The molecule has 1 N–H and O–H groups in total. The number of carbonyl (C=O) groups excluding carboxylic acids is 2. The molecule has 0 aliphatic rings. The highest BCUT2D eigenvalue weighted by atomic mass is 16.5. The molecule has 0 bridgehead atoms. The van der Waals surface area contributed by atoms with Crippen LogP contribution in [-0.2, 0) is 4.79 Å². The van der Waals surface area contributed by atoms with Gasteiger partial charge in [0, 0.05) is 12.0 Å². The molecule has 1 aromatic rings. The number of ether oxygens (including phenoxy) is 1. The Hall–Kier alpha value is -2.35. The minimum absolute atomic E-state index is 0.0132. The zero-order valence-electron chi connectivity index (χ0n) is 13.5. The predicted molar refractivity (Wildman–Crippen MR) is 83.6 cm³/mol. The van der Waals surface area contributed by atoms with Crippen molar-refractivity contribution in [1.29, 1.82) is 5.26 Å². The summed E-state index contributed by atoms with van der Waals surface area (Å²) in [6, 6.07) is 8.76. The summed E-state index contributed by atoms with van der Waals surface area (Å²) in [6.45, 7) is 7.05. The number of nitrogens with one attached hydrogen (secondary N) is 1. The quantitative estimate of drug-likeness (QED) is 0.785. The Morgan fingerprint density at radius 3 is 2.36 bits per heavy atom. The van der Waals surface area contributed by atoms with E-state index in [0.717, 1.165) is 0 Å². The fourth-order valence-electron chi connectivity index (χ4n) is 1.72. The molecule has 0 aromatic heterocycles. The van der Waals surface area contributed by atoms with Crippen LogP contribution in [0, 0.1) is 17.2 Å². The van der Waals surface area contributed by atoms with E-state index < -0.39 is 5.54 Å². The molecule has 1 aromatic carbocycles. The number of rotatable bonds is 7. The standard InChI is InChI=1S/C17H22N2O3/c1-5-15(20)13-6-8-14(9-7-13)22-10-16(21)19-17(4,11-18)12(2)3/h6-9,12H,5,10H2,1-4H3,(H,19,21)/t17-/m1/s1. The second kappa shape index (κ2) is 7.60. The van der Waals surface area contributed by atoms with Gasteiger partial charge in [0.15, 0.2) is 12.4 Å². The van der Waals surface area contributed by atoms with E-state index in [1.807, 2.05) is 13.8 Å². The van der Waals surface area contributed by atoms with Crippen molar-refractivity contribution >= 4 is 11.7 Å². The molecular formula is C17H22N2O3. The van der Waals surface area contributed by atoms with Crippen LogP contribution in [-0.4, -0.2) is 23.8 Å². The third kappa shape index (κ3) is 4.59. The summed E-state index contributed by atoms with van der Waals surface area (Å²) in [5, 5.41) is 11.8. The zero-order chi connectivity index (χ0) is 16.8. The van der Waals surface area contributed by atoms with Crippen LogP contribution in [0.2, 0.25) is 0 Å². The lowest BCUT2D eigenvalue weighted by molar-refractivity contribution is -0.124. The van der Waals surface area contributed by atoms with Gasteiger partial charge in [-0.15, -0.1) is 0 Å². The molecule has 22 heavy (non-hydrogen) atoms. The summed E-state index contributed by atoms with van der Waals surface area (Å²) in [5.74, 6) is 0.198. The van der Waals surface area contributed by atoms with Gasteiger partial charge in [-0.05, 0) is 37.1 Å². The molecule has 0 saturated heterocycles. The summed E-state index contributed by atoms with van der Waals surface area (Å²) >= 11 is 0. The van der Waals surface area contributed by atoms with Crippen LogP contribution < -0.4 is 10.1 Å². The van der Waals surface area contributed by atoms with Gasteiger partial charge in [0.2, 0.25) is 0 Å². The lowest BCUT2D eigenvalue weighted by Crippen LogP contribution is -2.50. The van der Waals surface area contributed by atoms with Gasteiger partial charge in [-0.1, -0.05) is 20.8 Å². The summed E-state index contributed by atoms with van der Waals surface area (Å²) in [7, 11) is 0. The maximum Gasteiger partial charge on any atom is 0.259 e. The summed E-state index contributed by atoms with van der Waals surface area (Å²) in [5.41, 5.74) is -0.297. The van der Waals surface area contributed by atoms with E-state index in [-0.39, 0.29) is 24.2 Å². The molecule has 1 rings (SSSR count). The highest BCUT2D eigenvalue weighted by Gasteiger charge is 2.29. The number of amides is 1. The molecule has 118 valence electrons.